The van der Waals surface area contributed by atoms with Crippen molar-refractivity contribution in [2.45, 2.75) is 6.61 Å². The van der Waals surface area contributed by atoms with Crippen LogP contribution in [0.15, 0.2) is 73.1 Å². The number of carbonyl (C=O) groups excluding carboxylic acids is 1. The van der Waals surface area contributed by atoms with Gasteiger partial charge in [0.15, 0.2) is 5.76 Å². The number of hydrazone groups is 1. The Labute approximate surface area is 229 Å². The van der Waals surface area contributed by atoms with E-state index < -0.39 is 5.91 Å². The molecule has 0 spiro atoms. The highest BCUT2D eigenvalue weighted by molar-refractivity contribution is 14.1. The van der Waals surface area contributed by atoms with Crippen LogP contribution in [0.3, 0.4) is 0 Å². The molecule has 0 saturated heterocycles. The SMILES string of the molecule is O=C(N/N=C\c1ccc(OCc2ccc(Cl)cc2Cl)c(I)c1)c1cc2cc(Br)cc(Br)c2o1. The molecule has 0 unspecified atom stereocenters. The third-order valence-corrected chi connectivity index (χ3v) is 6.97. The van der Waals surface area contributed by atoms with E-state index in [0.29, 0.717) is 28.0 Å². The van der Waals surface area contributed by atoms with Crippen LogP contribution in [0.1, 0.15) is 21.7 Å². The molecular weight excluding hydrogens is 710 g/mol. The number of nitrogens with one attached hydrogen (secondary N) is 1. The van der Waals surface area contributed by atoms with Crippen LogP contribution >= 0.6 is 77.7 Å². The maximum absolute atomic E-state index is 12.4. The third kappa shape index (κ3) is 6.10. The molecule has 0 fully saturated rings. The lowest BCUT2D eigenvalue weighted by molar-refractivity contribution is 0.0929. The Morgan fingerprint density at radius 3 is 2.70 bits per heavy atom. The second-order valence-electron chi connectivity index (χ2n) is 6.83. The van der Waals surface area contributed by atoms with Gasteiger partial charge in [-0.3, -0.25) is 4.79 Å². The van der Waals surface area contributed by atoms with Gasteiger partial charge in [0.1, 0.15) is 17.9 Å². The van der Waals surface area contributed by atoms with Gasteiger partial charge in [0.05, 0.1) is 14.3 Å². The van der Waals surface area contributed by atoms with E-state index in [2.05, 4.69) is 65.0 Å². The number of carbonyl (C=O) groups is 1. The molecule has 4 rings (SSSR count). The molecule has 0 atom stereocenters. The maximum atomic E-state index is 12.4. The van der Waals surface area contributed by atoms with Crippen molar-refractivity contribution in [2.24, 2.45) is 5.10 Å². The normalized spacial score (nSPS) is 11.3. The number of rotatable bonds is 6. The van der Waals surface area contributed by atoms with Crippen LogP contribution in [0.25, 0.3) is 11.0 Å². The summed E-state index contributed by atoms with van der Waals surface area (Å²) in [6.45, 7) is 0.319. The topological polar surface area (TPSA) is 63.8 Å². The quantitative estimate of drug-likeness (QED) is 0.124. The Morgan fingerprint density at radius 2 is 1.94 bits per heavy atom. The largest absolute Gasteiger partial charge is 0.488 e. The first-order valence-corrected chi connectivity index (χ1v) is 12.8. The molecule has 3 aromatic carbocycles. The van der Waals surface area contributed by atoms with E-state index >= 15 is 0 Å². The molecule has 1 amide bonds. The number of hydrogen-bond donors (Lipinski definition) is 1. The summed E-state index contributed by atoms with van der Waals surface area (Å²) in [4.78, 5) is 12.4. The number of ether oxygens (including phenoxy) is 1. The average molecular weight is 723 g/mol. The minimum absolute atomic E-state index is 0.167. The van der Waals surface area contributed by atoms with Crippen molar-refractivity contribution in [1.82, 2.24) is 5.43 Å². The van der Waals surface area contributed by atoms with Gasteiger partial charge in [0, 0.05) is 25.5 Å². The van der Waals surface area contributed by atoms with Crippen LogP contribution < -0.4 is 10.2 Å². The van der Waals surface area contributed by atoms with E-state index in [1.807, 2.05) is 36.4 Å². The zero-order chi connectivity index (χ0) is 23.5. The molecule has 4 aromatic rings. The number of furan rings is 1. The molecule has 0 radical (unpaired) electrons. The second-order valence-corrected chi connectivity index (χ2v) is 10.6. The van der Waals surface area contributed by atoms with Crippen molar-refractivity contribution >= 4 is 101 Å². The summed E-state index contributed by atoms with van der Waals surface area (Å²) < 4.78 is 14.0. The molecular formula is C23H13Br2Cl2IN2O3. The van der Waals surface area contributed by atoms with Gasteiger partial charge in [-0.2, -0.15) is 5.10 Å². The van der Waals surface area contributed by atoms with E-state index in [4.69, 9.17) is 32.4 Å². The lowest BCUT2D eigenvalue weighted by Gasteiger charge is -2.10. The van der Waals surface area contributed by atoms with E-state index in [-0.39, 0.29) is 5.76 Å². The highest BCUT2D eigenvalue weighted by Crippen LogP contribution is 2.31. The second kappa shape index (κ2) is 10.8. The molecule has 0 bridgehead atoms. The lowest BCUT2D eigenvalue weighted by atomic mass is 10.2. The highest BCUT2D eigenvalue weighted by atomic mass is 127. The number of nitrogens with zero attached hydrogens (tertiary/aromatic N) is 1. The molecule has 0 aliphatic carbocycles. The molecule has 168 valence electrons. The summed E-state index contributed by atoms with van der Waals surface area (Å²) in [7, 11) is 0. The lowest BCUT2D eigenvalue weighted by Crippen LogP contribution is -2.16. The Bertz CT molecular complexity index is 1390. The van der Waals surface area contributed by atoms with Gasteiger partial charge in [0.25, 0.3) is 0 Å². The summed E-state index contributed by atoms with van der Waals surface area (Å²) in [5, 5.41) is 5.97. The smallest absolute Gasteiger partial charge is 0.307 e. The summed E-state index contributed by atoms with van der Waals surface area (Å²) >= 11 is 21.2. The summed E-state index contributed by atoms with van der Waals surface area (Å²) in [6, 6.07) is 16.2. The van der Waals surface area contributed by atoms with Crippen LogP contribution in [0.5, 0.6) is 5.75 Å². The molecule has 33 heavy (non-hydrogen) atoms. The Hall–Kier alpha value is -1.59. The van der Waals surface area contributed by atoms with Gasteiger partial charge < -0.3 is 9.15 Å². The van der Waals surface area contributed by atoms with Crippen molar-refractivity contribution in [3.05, 3.63) is 94.0 Å². The van der Waals surface area contributed by atoms with E-state index in [0.717, 1.165) is 29.0 Å². The standard InChI is InChI=1S/C23H13Br2Cl2IN2O3/c24-15-6-14-7-21(33-22(14)17(25)8-15)23(31)30-29-10-12-1-4-20(19(28)5-12)32-11-13-2-3-16(26)9-18(13)27/h1-10H,11H2,(H,30,31)/b29-10-. The Balaban J connectivity index is 1.39. The number of amides is 1. The minimum atomic E-state index is -0.444. The third-order valence-electron chi connectivity index (χ3n) is 4.49. The molecule has 1 N–H and O–H groups in total. The van der Waals surface area contributed by atoms with Gasteiger partial charge in [-0.1, -0.05) is 45.2 Å². The van der Waals surface area contributed by atoms with Crippen LogP contribution in [0.4, 0.5) is 0 Å². The molecule has 10 heteroatoms. The van der Waals surface area contributed by atoms with E-state index in [9.17, 15) is 4.79 Å². The minimum Gasteiger partial charge on any atom is -0.488 e. The van der Waals surface area contributed by atoms with Gasteiger partial charge in [0.2, 0.25) is 0 Å². The first-order chi connectivity index (χ1) is 15.8. The highest BCUT2D eigenvalue weighted by Gasteiger charge is 2.14. The molecule has 5 nitrogen and oxygen atoms in total. The van der Waals surface area contributed by atoms with Crippen molar-refractivity contribution in [2.75, 3.05) is 0 Å². The molecule has 1 heterocycles. The summed E-state index contributed by atoms with van der Waals surface area (Å²) in [5.41, 5.74) is 4.72. The van der Waals surface area contributed by atoms with Crippen LogP contribution in [0, 0.1) is 3.57 Å². The number of benzene rings is 3. The van der Waals surface area contributed by atoms with E-state index in [1.165, 1.54) is 0 Å². The molecule has 0 aliphatic heterocycles. The zero-order valence-electron chi connectivity index (χ0n) is 16.5. The predicted octanol–water partition coefficient (Wildman–Crippen LogP) is 8.21. The predicted molar refractivity (Wildman–Crippen MR) is 147 cm³/mol. The average Bonchev–Trinajstić information content (AvgIpc) is 3.19. The fourth-order valence-corrected chi connectivity index (χ4v) is 5.41. The first-order valence-electron chi connectivity index (χ1n) is 9.38. The van der Waals surface area contributed by atoms with Gasteiger partial charge in [-0.15, -0.1) is 0 Å². The number of halogens is 5. The first kappa shape index (κ1) is 24.5. The summed E-state index contributed by atoms with van der Waals surface area (Å²) in [5.74, 6) is 0.432. The van der Waals surface area contributed by atoms with Crippen molar-refractivity contribution in [3.8, 4) is 5.75 Å². The van der Waals surface area contributed by atoms with Crippen LogP contribution in [-0.2, 0) is 6.61 Å². The zero-order valence-corrected chi connectivity index (χ0v) is 23.4. The Kier molecular flexibility index (Phi) is 8.01. The number of hydrogen-bond acceptors (Lipinski definition) is 4. The molecule has 0 saturated carbocycles. The maximum Gasteiger partial charge on any atom is 0.307 e. The van der Waals surface area contributed by atoms with Gasteiger partial charge in [-0.05, 0) is 92.6 Å². The van der Waals surface area contributed by atoms with Gasteiger partial charge in [-0.25, -0.2) is 5.43 Å². The summed E-state index contributed by atoms with van der Waals surface area (Å²) in [6.07, 6.45) is 1.55. The molecule has 0 aliphatic rings. The Morgan fingerprint density at radius 1 is 1.12 bits per heavy atom. The van der Waals surface area contributed by atoms with Crippen LogP contribution in [-0.4, -0.2) is 12.1 Å². The molecule has 1 aromatic heterocycles. The van der Waals surface area contributed by atoms with Gasteiger partial charge >= 0.3 is 5.91 Å². The fraction of sp³-hybridized carbons (Fsp3) is 0.0435. The van der Waals surface area contributed by atoms with Crippen molar-refractivity contribution in [3.63, 3.8) is 0 Å². The monoisotopic (exact) mass is 720 g/mol. The fourth-order valence-electron chi connectivity index (χ4n) is 2.92. The van der Waals surface area contributed by atoms with Crippen molar-refractivity contribution in [1.29, 1.82) is 0 Å². The number of fused-ring (bicyclic) bond motifs is 1. The van der Waals surface area contributed by atoms with Crippen molar-refractivity contribution < 1.29 is 13.9 Å². The van der Waals surface area contributed by atoms with E-state index in [1.54, 1.807) is 24.4 Å². The van der Waals surface area contributed by atoms with Crippen LogP contribution in [0.2, 0.25) is 10.0 Å².